The van der Waals surface area contributed by atoms with Crippen molar-refractivity contribution in [2.45, 2.75) is 46.0 Å². The largest absolute Gasteiger partial charge is 0.370 e. The van der Waals surface area contributed by atoms with Crippen LogP contribution in [0.25, 0.3) is 0 Å². The first-order valence-electron chi connectivity index (χ1n) is 8.14. The molecule has 1 aromatic rings. The van der Waals surface area contributed by atoms with Gasteiger partial charge in [-0.05, 0) is 50.9 Å². The van der Waals surface area contributed by atoms with Crippen molar-refractivity contribution < 1.29 is 0 Å². The fourth-order valence-corrected chi connectivity index (χ4v) is 2.79. The fourth-order valence-electron chi connectivity index (χ4n) is 2.79. The van der Waals surface area contributed by atoms with Gasteiger partial charge < -0.3 is 10.2 Å². The molecule has 3 rings (SSSR count). The highest BCUT2D eigenvalue weighted by atomic mass is 15.2. The number of anilines is 2. The van der Waals surface area contributed by atoms with Gasteiger partial charge in [0.1, 0.15) is 18.0 Å². The average Bonchev–Trinajstić information content (AvgIpc) is 3.33. The highest BCUT2D eigenvalue weighted by Gasteiger charge is 2.31. The lowest BCUT2D eigenvalue weighted by Gasteiger charge is -2.26. The van der Waals surface area contributed by atoms with Crippen LogP contribution in [0.2, 0.25) is 0 Å². The Bertz CT molecular complexity index is 438. The van der Waals surface area contributed by atoms with Crippen molar-refractivity contribution in [3.8, 4) is 0 Å². The molecule has 110 valence electrons. The van der Waals surface area contributed by atoms with E-state index in [0.717, 1.165) is 30.6 Å². The zero-order valence-corrected chi connectivity index (χ0v) is 12.7. The molecule has 0 amide bonds. The predicted molar refractivity (Wildman–Crippen MR) is 83.2 cm³/mol. The molecule has 1 N–H and O–H groups in total. The molecule has 4 nitrogen and oxygen atoms in total. The normalized spacial score (nSPS) is 18.1. The van der Waals surface area contributed by atoms with Crippen LogP contribution in [0, 0.1) is 11.8 Å². The van der Waals surface area contributed by atoms with Gasteiger partial charge >= 0.3 is 0 Å². The second kappa shape index (κ2) is 5.98. The van der Waals surface area contributed by atoms with Crippen molar-refractivity contribution in [3.63, 3.8) is 0 Å². The maximum Gasteiger partial charge on any atom is 0.137 e. The summed E-state index contributed by atoms with van der Waals surface area (Å²) in [5, 5.41) is 3.38. The molecule has 0 unspecified atom stereocenters. The van der Waals surface area contributed by atoms with Crippen molar-refractivity contribution in [2.24, 2.45) is 11.8 Å². The molecule has 2 aliphatic carbocycles. The predicted octanol–water partition coefficient (Wildman–Crippen LogP) is 3.10. The summed E-state index contributed by atoms with van der Waals surface area (Å²) in [4.78, 5) is 11.6. The summed E-state index contributed by atoms with van der Waals surface area (Å²) in [5.74, 6) is 4.00. The van der Waals surface area contributed by atoms with Gasteiger partial charge in [-0.25, -0.2) is 9.97 Å². The standard InChI is InChI=1S/C16H26N4/c1-3-14-15(17-4-2)18-11-19-16(14)20(9-12-5-6-12)10-13-7-8-13/h11-13H,3-10H2,1-2H3,(H,17,18,19). The number of nitrogens with zero attached hydrogens (tertiary/aromatic N) is 3. The Morgan fingerprint density at radius 1 is 1.10 bits per heavy atom. The lowest BCUT2D eigenvalue weighted by molar-refractivity contribution is 0.667. The Morgan fingerprint density at radius 2 is 1.75 bits per heavy atom. The smallest absolute Gasteiger partial charge is 0.137 e. The van der Waals surface area contributed by atoms with Crippen LogP contribution in [0.3, 0.4) is 0 Å². The maximum atomic E-state index is 4.63. The summed E-state index contributed by atoms with van der Waals surface area (Å²) < 4.78 is 0. The Kier molecular flexibility index (Phi) is 4.08. The van der Waals surface area contributed by atoms with Crippen molar-refractivity contribution in [1.29, 1.82) is 0 Å². The molecule has 20 heavy (non-hydrogen) atoms. The van der Waals surface area contributed by atoms with E-state index in [2.05, 4.69) is 34.0 Å². The summed E-state index contributed by atoms with van der Waals surface area (Å²) in [6.45, 7) is 7.61. The lowest BCUT2D eigenvalue weighted by Crippen LogP contribution is -2.30. The van der Waals surface area contributed by atoms with Gasteiger partial charge in [0.05, 0.1) is 0 Å². The molecule has 2 aliphatic rings. The molecule has 1 aromatic heterocycles. The van der Waals surface area contributed by atoms with Gasteiger partial charge in [-0.1, -0.05) is 6.92 Å². The van der Waals surface area contributed by atoms with Crippen LogP contribution >= 0.6 is 0 Å². The Labute approximate surface area is 122 Å². The van der Waals surface area contributed by atoms with Crippen molar-refractivity contribution in [1.82, 2.24) is 9.97 Å². The van der Waals surface area contributed by atoms with E-state index >= 15 is 0 Å². The summed E-state index contributed by atoms with van der Waals surface area (Å²) in [5.41, 5.74) is 1.29. The van der Waals surface area contributed by atoms with Gasteiger partial charge in [0.2, 0.25) is 0 Å². The van der Waals surface area contributed by atoms with E-state index in [4.69, 9.17) is 0 Å². The van der Waals surface area contributed by atoms with Gasteiger partial charge in [0, 0.05) is 25.2 Å². The third-order valence-electron chi connectivity index (χ3n) is 4.27. The van der Waals surface area contributed by atoms with Crippen LogP contribution in [0.15, 0.2) is 6.33 Å². The van der Waals surface area contributed by atoms with Gasteiger partial charge in [0.25, 0.3) is 0 Å². The molecule has 4 heteroatoms. The van der Waals surface area contributed by atoms with E-state index in [1.54, 1.807) is 6.33 Å². The van der Waals surface area contributed by atoms with Crippen LogP contribution in [0.4, 0.5) is 11.6 Å². The molecular formula is C16H26N4. The molecule has 1 heterocycles. The number of aromatic nitrogens is 2. The average molecular weight is 274 g/mol. The number of rotatable bonds is 8. The van der Waals surface area contributed by atoms with Gasteiger partial charge in [0.15, 0.2) is 0 Å². The summed E-state index contributed by atoms with van der Waals surface area (Å²) in [6, 6.07) is 0. The van der Waals surface area contributed by atoms with E-state index in [9.17, 15) is 0 Å². The first kappa shape index (κ1) is 13.7. The first-order valence-corrected chi connectivity index (χ1v) is 8.14. The SMILES string of the molecule is CCNc1ncnc(N(CC2CC2)CC2CC2)c1CC. The van der Waals surface area contributed by atoms with Crippen molar-refractivity contribution >= 4 is 11.6 Å². The van der Waals surface area contributed by atoms with E-state index in [0.29, 0.717) is 0 Å². The van der Waals surface area contributed by atoms with Gasteiger partial charge in [-0.15, -0.1) is 0 Å². The third kappa shape index (κ3) is 3.22. The molecule has 0 aromatic carbocycles. The Hall–Kier alpha value is -1.32. The summed E-state index contributed by atoms with van der Waals surface area (Å²) >= 11 is 0. The second-order valence-electron chi connectivity index (χ2n) is 6.20. The Balaban J connectivity index is 1.84. The summed E-state index contributed by atoms with van der Waals surface area (Å²) in [7, 11) is 0. The van der Waals surface area contributed by atoms with Crippen LogP contribution < -0.4 is 10.2 Å². The minimum absolute atomic E-state index is 0.899. The zero-order chi connectivity index (χ0) is 13.9. The van der Waals surface area contributed by atoms with E-state index < -0.39 is 0 Å². The minimum atomic E-state index is 0.899. The number of hydrogen-bond acceptors (Lipinski definition) is 4. The molecule has 0 atom stereocenters. The third-order valence-corrected chi connectivity index (χ3v) is 4.27. The van der Waals surface area contributed by atoms with Crippen LogP contribution in [0.1, 0.15) is 45.1 Å². The molecule has 2 fully saturated rings. The fraction of sp³-hybridized carbons (Fsp3) is 0.750. The molecule has 0 bridgehead atoms. The quantitative estimate of drug-likeness (QED) is 0.791. The van der Waals surface area contributed by atoms with E-state index in [-0.39, 0.29) is 0 Å². The number of nitrogens with one attached hydrogen (secondary N) is 1. The molecule has 2 saturated carbocycles. The highest BCUT2D eigenvalue weighted by Crippen LogP contribution is 2.36. The van der Waals surface area contributed by atoms with Crippen molar-refractivity contribution in [3.05, 3.63) is 11.9 Å². The molecule has 0 spiro atoms. The van der Waals surface area contributed by atoms with E-state index in [1.165, 1.54) is 50.2 Å². The second-order valence-corrected chi connectivity index (χ2v) is 6.20. The molecular weight excluding hydrogens is 248 g/mol. The first-order chi connectivity index (χ1) is 9.81. The van der Waals surface area contributed by atoms with Crippen molar-refractivity contribution in [2.75, 3.05) is 29.9 Å². The van der Waals surface area contributed by atoms with Crippen LogP contribution in [0.5, 0.6) is 0 Å². The van der Waals surface area contributed by atoms with Crippen LogP contribution in [-0.4, -0.2) is 29.6 Å². The van der Waals surface area contributed by atoms with Crippen LogP contribution in [-0.2, 0) is 6.42 Å². The minimum Gasteiger partial charge on any atom is -0.370 e. The lowest BCUT2D eigenvalue weighted by atomic mass is 10.2. The Morgan fingerprint density at radius 3 is 2.25 bits per heavy atom. The summed E-state index contributed by atoms with van der Waals surface area (Å²) in [6.07, 6.45) is 8.30. The zero-order valence-electron chi connectivity index (χ0n) is 12.7. The molecule has 0 radical (unpaired) electrons. The molecule has 0 aliphatic heterocycles. The maximum absolute atomic E-state index is 4.63. The molecule has 0 saturated heterocycles. The highest BCUT2D eigenvalue weighted by molar-refractivity contribution is 5.59. The van der Waals surface area contributed by atoms with Gasteiger partial charge in [-0.2, -0.15) is 0 Å². The van der Waals surface area contributed by atoms with E-state index in [1.807, 2.05) is 0 Å². The monoisotopic (exact) mass is 274 g/mol. The topological polar surface area (TPSA) is 41.1 Å². The van der Waals surface area contributed by atoms with Gasteiger partial charge in [-0.3, -0.25) is 0 Å². The number of hydrogen-bond donors (Lipinski definition) is 1.